The molecule has 0 aliphatic heterocycles. The predicted octanol–water partition coefficient (Wildman–Crippen LogP) is 4.27. The Morgan fingerprint density at radius 3 is 2.00 bits per heavy atom. The molecule has 0 saturated carbocycles. The summed E-state index contributed by atoms with van der Waals surface area (Å²) < 4.78 is 0. The number of carbonyl (C=O) groups is 1. The van der Waals surface area contributed by atoms with E-state index in [2.05, 4.69) is 44.3 Å². The minimum absolute atomic E-state index is 0.259. The summed E-state index contributed by atoms with van der Waals surface area (Å²) in [6.45, 7) is 6.93. The Balaban J connectivity index is 2.12. The Kier molecular flexibility index (Phi) is 4.56. The van der Waals surface area contributed by atoms with E-state index in [1.54, 1.807) is 0 Å². The Bertz CT molecular complexity index is 560. The van der Waals surface area contributed by atoms with E-state index in [1.165, 1.54) is 5.19 Å². The summed E-state index contributed by atoms with van der Waals surface area (Å²) in [7, 11) is -1.60. The van der Waals surface area contributed by atoms with E-state index >= 15 is 0 Å². The summed E-state index contributed by atoms with van der Waals surface area (Å²) in [6, 6.07) is 20.3. The van der Waals surface area contributed by atoms with Gasteiger partial charge >= 0.3 is 0 Å². The minimum Gasteiger partial charge on any atom is -0.294 e. The van der Waals surface area contributed by atoms with Crippen molar-refractivity contribution in [3.05, 3.63) is 66.2 Å². The SMILES string of the molecule is C[C@@H](CC(=O)c1ccccc1)[Si](C)(C)c1ccccc1. The van der Waals surface area contributed by atoms with Crippen molar-refractivity contribution >= 4 is 19.0 Å². The molecular formula is C18H22OSi. The van der Waals surface area contributed by atoms with Crippen molar-refractivity contribution in [1.29, 1.82) is 0 Å². The Morgan fingerprint density at radius 1 is 0.950 bits per heavy atom. The van der Waals surface area contributed by atoms with Gasteiger partial charge in [-0.05, 0) is 5.54 Å². The number of ketones is 1. The van der Waals surface area contributed by atoms with Gasteiger partial charge in [0.05, 0.1) is 8.07 Å². The lowest BCUT2D eigenvalue weighted by atomic mass is 10.1. The molecule has 20 heavy (non-hydrogen) atoms. The van der Waals surface area contributed by atoms with Gasteiger partial charge < -0.3 is 0 Å². The molecule has 0 fully saturated rings. The van der Waals surface area contributed by atoms with Crippen molar-refractivity contribution in [2.75, 3.05) is 0 Å². The fraction of sp³-hybridized carbons (Fsp3) is 0.278. The van der Waals surface area contributed by atoms with Gasteiger partial charge in [-0.15, -0.1) is 0 Å². The molecule has 0 unspecified atom stereocenters. The van der Waals surface area contributed by atoms with E-state index in [9.17, 15) is 4.79 Å². The van der Waals surface area contributed by atoms with Crippen LogP contribution >= 0.6 is 0 Å². The normalized spacial score (nSPS) is 12.9. The first kappa shape index (κ1) is 14.7. The van der Waals surface area contributed by atoms with Crippen LogP contribution in [0.3, 0.4) is 0 Å². The summed E-state index contributed by atoms with van der Waals surface area (Å²) in [5.41, 5.74) is 1.26. The van der Waals surface area contributed by atoms with Crippen molar-refractivity contribution in [3.63, 3.8) is 0 Å². The predicted molar refractivity (Wildman–Crippen MR) is 88.4 cm³/mol. The lowest BCUT2D eigenvalue weighted by molar-refractivity contribution is 0.0981. The number of hydrogen-bond acceptors (Lipinski definition) is 1. The highest BCUT2D eigenvalue weighted by atomic mass is 28.3. The molecule has 2 rings (SSSR count). The van der Waals surface area contributed by atoms with Gasteiger partial charge in [0, 0.05) is 12.0 Å². The number of Topliss-reactive ketones (excluding diaryl/α,β-unsaturated/α-hetero) is 1. The van der Waals surface area contributed by atoms with Gasteiger partial charge in [-0.2, -0.15) is 0 Å². The monoisotopic (exact) mass is 282 g/mol. The number of carbonyl (C=O) groups excluding carboxylic acids is 1. The molecule has 104 valence electrons. The van der Waals surface area contributed by atoms with Crippen LogP contribution in [-0.4, -0.2) is 13.9 Å². The summed E-state index contributed by atoms with van der Waals surface area (Å²) in [4.78, 5) is 12.4. The van der Waals surface area contributed by atoms with Crippen molar-refractivity contribution in [1.82, 2.24) is 0 Å². The molecule has 0 aliphatic rings. The number of rotatable bonds is 5. The zero-order chi connectivity index (χ0) is 14.6. The maximum Gasteiger partial charge on any atom is 0.162 e. The van der Waals surface area contributed by atoms with Crippen LogP contribution in [0.25, 0.3) is 0 Å². The maximum absolute atomic E-state index is 12.4. The molecule has 0 aromatic heterocycles. The van der Waals surface area contributed by atoms with Crippen molar-refractivity contribution < 1.29 is 4.79 Å². The lowest BCUT2D eigenvalue weighted by Gasteiger charge is -2.30. The van der Waals surface area contributed by atoms with Crippen LogP contribution in [0.15, 0.2) is 60.7 Å². The van der Waals surface area contributed by atoms with Crippen LogP contribution in [0.5, 0.6) is 0 Å². The number of benzene rings is 2. The largest absolute Gasteiger partial charge is 0.294 e. The zero-order valence-corrected chi connectivity index (χ0v) is 13.5. The number of hydrogen-bond donors (Lipinski definition) is 0. The van der Waals surface area contributed by atoms with E-state index in [-0.39, 0.29) is 5.78 Å². The molecule has 2 aromatic carbocycles. The Labute approximate surface area is 122 Å². The van der Waals surface area contributed by atoms with Crippen LogP contribution in [0.2, 0.25) is 18.6 Å². The third kappa shape index (κ3) is 3.25. The van der Waals surface area contributed by atoms with Gasteiger partial charge in [-0.1, -0.05) is 85.9 Å². The first-order valence-corrected chi connectivity index (χ1v) is 10.2. The molecule has 0 saturated heterocycles. The van der Waals surface area contributed by atoms with Crippen molar-refractivity contribution in [3.8, 4) is 0 Å². The Hall–Kier alpha value is -1.67. The maximum atomic E-state index is 12.4. The molecule has 0 heterocycles. The quantitative estimate of drug-likeness (QED) is 0.591. The molecule has 1 nitrogen and oxygen atoms in total. The highest BCUT2D eigenvalue weighted by Gasteiger charge is 2.31. The molecule has 0 amide bonds. The molecular weight excluding hydrogens is 260 g/mol. The average Bonchev–Trinajstić information content (AvgIpc) is 2.49. The molecule has 0 aliphatic carbocycles. The second-order valence-electron chi connectivity index (χ2n) is 5.98. The zero-order valence-electron chi connectivity index (χ0n) is 12.5. The van der Waals surface area contributed by atoms with Crippen LogP contribution < -0.4 is 5.19 Å². The van der Waals surface area contributed by atoms with E-state index in [1.807, 2.05) is 36.4 Å². The van der Waals surface area contributed by atoms with Gasteiger partial charge in [0.25, 0.3) is 0 Å². The average molecular weight is 282 g/mol. The first-order chi connectivity index (χ1) is 9.51. The summed E-state index contributed by atoms with van der Waals surface area (Å²) in [6.07, 6.45) is 0.637. The molecule has 0 radical (unpaired) electrons. The molecule has 0 bridgehead atoms. The smallest absolute Gasteiger partial charge is 0.162 e. The molecule has 1 atom stereocenters. The third-order valence-electron chi connectivity index (χ3n) is 4.34. The van der Waals surface area contributed by atoms with Gasteiger partial charge in [0.15, 0.2) is 5.78 Å². The van der Waals surface area contributed by atoms with Crippen molar-refractivity contribution in [2.24, 2.45) is 0 Å². The second kappa shape index (κ2) is 6.19. The van der Waals surface area contributed by atoms with Crippen LogP contribution in [0, 0.1) is 0 Å². The highest BCUT2D eigenvalue weighted by Crippen LogP contribution is 2.26. The van der Waals surface area contributed by atoms with Gasteiger partial charge in [-0.3, -0.25) is 4.79 Å². The molecule has 2 heteroatoms. The third-order valence-corrected chi connectivity index (χ3v) is 8.83. The lowest BCUT2D eigenvalue weighted by Crippen LogP contribution is -2.45. The van der Waals surface area contributed by atoms with Crippen LogP contribution in [0.1, 0.15) is 23.7 Å². The Morgan fingerprint density at radius 2 is 1.45 bits per heavy atom. The van der Waals surface area contributed by atoms with Gasteiger partial charge in [0.2, 0.25) is 0 Å². The van der Waals surface area contributed by atoms with E-state index in [0.717, 1.165) is 5.56 Å². The molecule has 2 aromatic rings. The molecule has 0 spiro atoms. The van der Waals surface area contributed by atoms with Crippen LogP contribution in [-0.2, 0) is 0 Å². The minimum atomic E-state index is -1.60. The summed E-state index contributed by atoms with van der Waals surface area (Å²) >= 11 is 0. The van der Waals surface area contributed by atoms with Gasteiger partial charge in [0.1, 0.15) is 0 Å². The highest BCUT2D eigenvalue weighted by molar-refractivity contribution is 6.91. The summed E-state index contributed by atoms with van der Waals surface area (Å²) in [5, 5.41) is 1.42. The van der Waals surface area contributed by atoms with Crippen LogP contribution in [0.4, 0.5) is 0 Å². The van der Waals surface area contributed by atoms with E-state index in [0.29, 0.717) is 12.0 Å². The fourth-order valence-electron chi connectivity index (χ4n) is 2.43. The second-order valence-corrected chi connectivity index (χ2v) is 11.0. The fourth-order valence-corrected chi connectivity index (χ4v) is 4.74. The summed E-state index contributed by atoms with van der Waals surface area (Å²) in [5.74, 6) is 0.259. The van der Waals surface area contributed by atoms with Gasteiger partial charge in [-0.25, -0.2) is 0 Å². The van der Waals surface area contributed by atoms with Crippen molar-refractivity contribution in [2.45, 2.75) is 32.0 Å². The van der Waals surface area contributed by atoms with E-state index in [4.69, 9.17) is 0 Å². The molecule has 0 N–H and O–H groups in total. The topological polar surface area (TPSA) is 17.1 Å². The first-order valence-electron chi connectivity index (χ1n) is 7.15. The standard InChI is InChI=1S/C18H22OSi/c1-15(14-18(19)16-10-6-4-7-11-16)20(2,3)17-12-8-5-9-13-17/h4-13,15H,14H2,1-3H3/t15-/m0/s1. The van der Waals surface area contributed by atoms with E-state index < -0.39 is 8.07 Å².